The smallest absolute Gasteiger partial charge is 0.111 e. The first-order valence-corrected chi connectivity index (χ1v) is 6.37. The summed E-state index contributed by atoms with van der Waals surface area (Å²) in [7, 11) is 0. The van der Waals surface area contributed by atoms with E-state index in [0.29, 0.717) is 16.3 Å². The summed E-state index contributed by atoms with van der Waals surface area (Å²) in [4.78, 5) is 0.996. The molecule has 2 rings (SSSR count). The van der Waals surface area contributed by atoms with Gasteiger partial charge in [-0.15, -0.1) is 11.3 Å². The number of hydrogen-bond donors (Lipinski definition) is 2. The van der Waals surface area contributed by atoms with Gasteiger partial charge in [-0.2, -0.15) is 5.26 Å². The fourth-order valence-electron chi connectivity index (χ4n) is 1.72. The van der Waals surface area contributed by atoms with Crippen LogP contribution >= 0.6 is 11.3 Å². The maximum atomic E-state index is 11.1. The van der Waals surface area contributed by atoms with Crippen LogP contribution < -0.4 is 10.5 Å². The van der Waals surface area contributed by atoms with Crippen molar-refractivity contribution in [2.75, 3.05) is 10.5 Å². The van der Waals surface area contributed by atoms with Crippen LogP contribution in [0.5, 0.6) is 0 Å². The van der Waals surface area contributed by atoms with Crippen molar-refractivity contribution in [3.63, 3.8) is 0 Å². The molecule has 0 fully saturated rings. The molecule has 0 amide bonds. The predicted molar refractivity (Wildman–Crippen MR) is 75.9 cm³/mol. The summed E-state index contributed by atoms with van der Waals surface area (Å²) in [6, 6.07) is 8.95. The zero-order valence-corrected chi connectivity index (χ0v) is 11.3. The molecule has 0 aliphatic heterocycles. The maximum Gasteiger partial charge on any atom is 0.111 e. The quantitative estimate of drug-likeness (QED) is 0.834. The molecule has 0 atom stereocenters. The third-order valence-electron chi connectivity index (χ3n) is 2.58. The van der Waals surface area contributed by atoms with Gasteiger partial charge in [0, 0.05) is 4.88 Å². The average Bonchev–Trinajstić information content (AvgIpc) is 2.71. The third kappa shape index (κ3) is 2.85. The summed E-state index contributed by atoms with van der Waals surface area (Å²) < 4.78 is 0. The number of anilines is 3. The highest BCUT2D eigenvalue weighted by atomic mass is 32.1. The number of nitriles is 1. The Morgan fingerprint density at radius 3 is 2.74 bits per heavy atom. The molecule has 0 aliphatic rings. The molecule has 1 heterocycles. The molecule has 5 nitrogen and oxygen atoms in total. The van der Waals surface area contributed by atoms with Crippen molar-refractivity contribution in [1.29, 1.82) is 5.26 Å². The molecule has 0 saturated heterocycles. The Balaban J connectivity index is 2.41. The minimum absolute atomic E-state index is 0.120. The largest absolute Gasteiger partial charge is 0.733 e. The minimum Gasteiger partial charge on any atom is -0.733 e. The van der Waals surface area contributed by atoms with Crippen LogP contribution in [0, 0.1) is 30.4 Å². The molecule has 1 aromatic carbocycles. The number of thiophene rings is 1. The normalized spacial score (nSPS) is 10.1. The highest BCUT2D eigenvalue weighted by Gasteiger charge is 2.10. The summed E-state index contributed by atoms with van der Waals surface area (Å²) in [5, 5.41) is 32.8. The summed E-state index contributed by atoms with van der Waals surface area (Å²) in [5.41, 5.74) is 1.96. The lowest BCUT2D eigenvalue weighted by Gasteiger charge is -2.25. The molecule has 0 spiro atoms. The molecule has 0 aliphatic carbocycles. The molecule has 0 bridgehead atoms. The number of aryl methyl sites for hydroxylation is 2. The number of benzene rings is 1. The Morgan fingerprint density at radius 2 is 2.11 bits per heavy atom. The number of rotatable bonds is 3. The Hall–Kier alpha value is -2.07. The highest BCUT2D eigenvalue weighted by molar-refractivity contribution is 7.16. The van der Waals surface area contributed by atoms with Crippen LogP contribution in [-0.2, 0) is 0 Å². The standard InChI is InChI=1S/C13H12N3O2S/c1-8-3-4-11(12(5-8)16(17)18)15-13-10(7-14)6-9(2)19-13/h3-6,15,17H,1-2H3/q-1. The molecule has 0 radical (unpaired) electrons. The second-order valence-corrected chi connectivity index (χ2v) is 5.39. The van der Waals surface area contributed by atoms with Gasteiger partial charge in [0.15, 0.2) is 0 Å². The number of nitrogens with one attached hydrogen (secondary N) is 1. The highest BCUT2D eigenvalue weighted by Crippen LogP contribution is 2.34. The molecular formula is C13H12N3O2S-. The van der Waals surface area contributed by atoms with Gasteiger partial charge in [0.05, 0.1) is 16.9 Å². The van der Waals surface area contributed by atoms with E-state index in [-0.39, 0.29) is 10.9 Å². The van der Waals surface area contributed by atoms with Crippen LogP contribution in [0.25, 0.3) is 0 Å². The van der Waals surface area contributed by atoms with Crippen molar-refractivity contribution in [2.24, 2.45) is 0 Å². The third-order valence-corrected chi connectivity index (χ3v) is 3.55. The van der Waals surface area contributed by atoms with Crippen molar-refractivity contribution >= 4 is 27.7 Å². The van der Waals surface area contributed by atoms with Gasteiger partial charge in [0.25, 0.3) is 0 Å². The first kappa shape index (κ1) is 13.4. The van der Waals surface area contributed by atoms with Crippen molar-refractivity contribution in [2.45, 2.75) is 13.8 Å². The number of hydrogen-bond acceptors (Lipinski definition) is 6. The van der Waals surface area contributed by atoms with Gasteiger partial charge < -0.3 is 15.8 Å². The van der Waals surface area contributed by atoms with Crippen LogP contribution in [-0.4, -0.2) is 5.21 Å². The monoisotopic (exact) mass is 274 g/mol. The van der Waals surface area contributed by atoms with Gasteiger partial charge >= 0.3 is 0 Å². The Bertz CT molecular complexity index is 644. The fourth-order valence-corrected chi connectivity index (χ4v) is 2.59. The van der Waals surface area contributed by atoms with E-state index in [1.807, 2.05) is 19.9 Å². The van der Waals surface area contributed by atoms with Crippen molar-refractivity contribution in [3.8, 4) is 6.07 Å². The molecule has 1 aromatic heterocycles. The molecule has 98 valence electrons. The SMILES string of the molecule is Cc1ccc(Nc2sc(C)cc2C#N)c(N([O-])O)c1. The van der Waals surface area contributed by atoms with Gasteiger partial charge in [0.1, 0.15) is 11.1 Å². The second kappa shape index (κ2) is 5.28. The lowest BCUT2D eigenvalue weighted by atomic mass is 10.2. The molecule has 19 heavy (non-hydrogen) atoms. The van der Waals surface area contributed by atoms with E-state index < -0.39 is 0 Å². The summed E-state index contributed by atoms with van der Waals surface area (Å²) >= 11 is 1.42. The fraction of sp³-hybridized carbons (Fsp3) is 0.154. The van der Waals surface area contributed by atoms with Crippen LogP contribution in [0.15, 0.2) is 24.3 Å². The first-order chi connectivity index (χ1) is 9.01. The lowest BCUT2D eigenvalue weighted by Crippen LogP contribution is -2.09. The second-order valence-electron chi connectivity index (χ2n) is 4.13. The van der Waals surface area contributed by atoms with E-state index in [4.69, 9.17) is 10.5 Å². The summed E-state index contributed by atoms with van der Waals surface area (Å²) in [6.45, 7) is 3.73. The van der Waals surface area contributed by atoms with Crippen LogP contribution in [0.3, 0.4) is 0 Å². The van der Waals surface area contributed by atoms with E-state index in [1.54, 1.807) is 18.2 Å². The van der Waals surface area contributed by atoms with E-state index in [2.05, 4.69) is 11.4 Å². The van der Waals surface area contributed by atoms with E-state index in [9.17, 15) is 5.21 Å². The van der Waals surface area contributed by atoms with Crippen molar-refractivity contribution < 1.29 is 5.21 Å². The molecule has 0 saturated carbocycles. The minimum atomic E-state index is -0.179. The van der Waals surface area contributed by atoms with E-state index >= 15 is 0 Å². The zero-order chi connectivity index (χ0) is 14.0. The van der Waals surface area contributed by atoms with Crippen molar-refractivity contribution in [1.82, 2.24) is 0 Å². The van der Waals surface area contributed by atoms with Gasteiger partial charge in [0.2, 0.25) is 0 Å². The number of nitrogens with zero attached hydrogens (tertiary/aromatic N) is 2. The Labute approximate surface area is 114 Å². The van der Waals surface area contributed by atoms with Gasteiger partial charge in [-0.3, -0.25) is 5.21 Å². The maximum absolute atomic E-state index is 11.1. The van der Waals surface area contributed by atoms with Crippen LogP contribution in [0.2, 0.25) is 0 Å². The Morgan fingerprint density at radius 1 is 1.37 bits per heavy atom. The zero-order valence-electron chi connectivity index (χ0n) is 10.5. The molecule has 6 heteroatoms. The van der Waals surface area contributed by atoms with Gasteiger partial charge in [-0.05, 0) is 37.6 Å². The lowest BCUT2D eigenvalue weighted by molar-refractivity contribution is 0.297. The van der Waals surface area contributed by atoms with Gasteiger partial charge in [-0.25, -0.2) is 0 Å². The topological polar surface area (TPSA) is 82.4 Å². The summed E-state index contributed by atoms with van der Waals surface area (Å²) in [6.07, 6.45) is 0. The summed E-state index contributed by atoms with van der Waals surface area (Å²) in [5.74, 6) is 0. The Kier molecular flexibility index (Phi) is 3.71. The average molecular weight is 274 g/mol. The van der Waals surface area contributed by atoms with Crippen LogP contribution in [0.1, 0.15) is 16.0 Å². The predicted octanol–water partition coefficient (Wildman–Crippen LogP) is 3.67. The van der Waals surface area contributed by atoms with Crippen molar-refractivity contribution in [3.05, 3.63) is 45.5 Å². The molecular weight excluding hydrogens is 262 g/mol. The van der Waals surface area contributed by atoms with Crippen LogP contribution in [0.4, 0.5) is 16.4 Å². The van der Waals surface area contributed by atoms with Gasteiger partial charge in [-0.1, -0.05) is 6.07 Å². The van der Waals surface area contributed by atoms with E-state index in [1.165, 1.54) is 11.3 Å². The molecule has 2 aromatic rings. The molecule has 0 unspecified atom stereocenters. The molecule has 2 N–H and O–H groups in total. The van der Waals surface area contributed by atoms with E-state index in [0.717, 1.165) is 10.4 Å². The first-order valence-electron chi connectivity index (χ1n) is 5.55.